The number of sulfonamides is 1. The van der Waals surface area contributed by atoms with Crippen LogP contribution in [0.15, 0.2) is 58.6 Å². The quantitative estimate of drug-likeness (QED) is 0.556. The van der Waals surface area contributed by atoms with Crippen LogP contribution in [-0.2, 0) is 21.9 Å². The summed E-state index contributed by atoms with van der Waals surface area (Å²) in [6.45, 7) is 1.75. The Hall–Kier alpha value is -2.40. The van der Waals surface area contributed by atoms with E-state index in [0.717, 1.165) is 5.56 Å². The summed E-state index contributed by atoms with van der Waals surface area (Å²) in [6, 6.07) is 12.9. The second-order valence-electron chi connectivity index (χ2n) is 6.19. The highest BCUT2D eigenvalue weighted by atomic mass is 35.5. The summed E-state index contributed by atoms with van der Waals surface area (Å²) in [6.07, 6.45) is 0. The predicted molar refractivity (Wildman–Crippen MR) is 113 cm³/mol. The van der Waals surface area contributed by atoms with Gasteiger partial charge in [-0.1, -0.05) is 23.4 Å². The Morgan fingerprint density at radius 2 is 1.76 bits per heavy atom. The van der Waals surface area contributed by atoms with E-state index in [1.807, 2.05) is 19.2 Å². The van der Waals surface area contributed by atoms with E-state index < -0.39 is 15.3 Å². The minimum Gasteiger partial charge on any atom is -0.325 e. The molecule has 0 bridgehead atoms. The molecule has 1 heterocycles. The molecule has 29 heavy (non-hydrogen) atoms. The minimum atomic E-state index is -3.78. The molecule has 3 rings (SSSR count). The van der Waals surface area contributed by atoms with E-state index in [1.165, 1.54) is 36.0 Å². The highest BCUT2D eigenvalue weighted by molar-refractivity contribution is 8.00. The van der Waals surface area contributed by atoms with Crippen LogP contribution in [0.3, 0.4) is 0 Å². The average Bonchev–Trinajstić information content (AvgIpc) is 3.02. The van der Waals surface area contributed by atoms with Crippen molar-refractivity contribution in [1.82, 2.24) is 14.8 Å². The highest BCUT2D eigenvalue weighted by Gasteiger charge is 2.20. The van der Waals surface area contributed by atoms with Crippen LogP contribution in [0.1, 0.15) is 6.92 Å². The van der Waals surface area contributed by atoms with Crippen molar-refractivity contribution >= 4 is 45.0 Å². The number of halogens is 1. The van der Waals surface area contributed by atoms with Crippen LogP contribution in [-0.4, -0.2) is 34.3 Å². The normalized spacial score (nSPS) is 12.6. The fourth-order valence-corrected chi connectivity index (χ4v) is 3.91. The standard InChI is InChI=1S/C18H18ClN5O3S2/c1-11(17(25)21-14-7-9-15(10-8-14)29(20,26)27)28-18-23-22-16(24(18)2)12-3-5-13(19)6-4-12/h3-11H,1-2H3,(H,21,25)(H2,20,26,27)/t11-/m1/s1. The number of carbonyl (C=O) groups excluding carboxylic acids is 1. The highest BCUT2D eigenvalue weighted by Crippen LogP contribution is 2.27. The molecule has 3 aromatic rings. The molecular weight excluding hydrogens is 434 g/mol. The van der Waals surface area contributed by atoms with Gasteiger partial charge in [-0.15, -0.1) is 10.2 Å². The van der Waals surface area contributed by atoms with Gasteiger partial charge >= 0.3 is 0 Å². The van der Waals surface area contributed by atoms with Gasteiger partial charge in [-0.25, -0.2) is 13.6 Å². The van der Waals surface area contributed by atoms with Crippen molar-refractivity contribution in [3.8, 4) is 11.4 Å². The molecule has 1 amide bonds. The van der Waals surface area contributed by atoms with Crippen molar-refractivity contribution in [2.75, 3.05) is 5.32 Å². The van der Waals surface area contributed by atoms with Crippen molar-refractivity contribution in [3.05, 3.63) is 53.6 Å². The molecule has 11 heteroatoms. The molecule has 2 aromatic carbocycles. The maximum atomic E-state index is 12.5. The van der Waals surface area contributed by atoms with Crippen LogP contribution < -0.4 is 10.5 Å². The minimum absolute atomic E-state index is 0.0215. The summed E-state index contributed by atoms with van der Waals surface area (Å²) in [5, 5.41) is 16.9. The molecule has 0 aliphatic carbocycles. The number of primary sulfonamides is 1. The number of aromatic nitrogens is 3. The Kier molecular flexibility index (Phi) is 6.27. The van der Waals surface area contributed by atoms with Crippen LogP contribution in [0, 0.1) is 0 Å². The maximum absolute atomic E-state index is 12.5. The lowest BCUT2D eigenvalue weighted by atomic mass is 10.2. The summed E-state index contributed by atoms with van der Waals surface area (Å²) >= 11 is 7.18. The Balaban J connectivity index is 1.68. The molecule has 1 aromatic heterocycles. The zero-order valence-corrected chi connectivity index (χ0v) is 17.9. The lowest BCUT2D eigenvalue weighted by molar-refractivity contribution is -0.115. The molecule has 0 unspecified atom stereocenters. The topological polar surface area (TPSA) is 120 Å². The number of nitrogens with zero attached hydrogens (tertiary/aromatic N) is 3. The summed E-state index contributed by atoms with van der Waals surface area (Å²) in [7, 11) is -1.95. The van der Waals surface area contributed by atoms with Gasteiger partial charge in [-0.2, -0.15) is 0 Å². The number of hydrogen-bond acceptors (Lipinski definition) is 6. The third-order valence-corrected chi connectivity index (χ3v) is 6.35. The number of benzene rings is 2. The smallest absolute Gasteiger partial charge is 0.238 e. The first-order valence-electron chi connectivity index (χ1n) is 8.41. The van der Waals surface area contributed by atoms with E-state index in [0.29, 0.717) is 21.7 Å². The second kappa shape index (κ2) is 8.54. The van der Waals surface area contributed by atoms with Gasteiger partial charge in [0.1, 0.15) is 0 Å². The number of hydrogen-bond donors (Lipinski definition) is 2. The first-order valence-corrected chi connectivity index (χ1v) is 11.2. The SMILES string of the molecule is C[C@@H](Sc1nnc(-c2ccc(Cl)cc2)n1C)C(=O)Nc1ccc(S(N)(=O)=O)cc1. The Morgan fingerprint density at radius 3 is 2.34 bits per heavy atom. The van der Waals surface area contributed by atoms with E-state index in [1.54, 1.807) is 23.6 Å². The number of rotatable bonds is 6. The Morgan fingerprint density at radius 1 is 1.14 bits per heavy atom. The van der Waals surface area contributed by atoms with Gasteiger partial charge in [-0.05, 0) is 55.5 Å². The maximum Gasteiger partial charge on any atom is 0.238 e. The van der Waals surface area contributed by atoms with Crippen LogP contribution >= 0.6 is 23.4 Å². The largest absolute Gasteiger partial charge is 0.325 e. The summed E-state index contributed by atoms with van der Waals surface area (Å²) in [5.74, 6) is 0.407. The molecule has 8 nitrogen and oxygen atoms in total. The Labute approximate surface area is 177 Å². The average molecular weight is 452 g/mol. The number of amides is 1. The van der Waals surface area contributed by atoms with Crippen molar-refractivity contribution < 1.29 is 13.2 Å². The number of nitrogens with two attached hydrogens (primary N) is 1. The molecule has 0 fully saturated rings. The van der Waals surface area contributed by atoms with Crippen molar-refractivity contribution in [2.45, 2.75) is 22.2 Å². The first-order chi connectivity index (χ1) is 13.6. The summed E-state index contributed by atoms with van der Waals surface area (Å²) in [5.41, 5.74) is 1.33. The van der Waals surface area contributed by atoms with E-state index in [9.17, 15) is 13.2 Å². The molecular formula is C18H18ClN5O3S2. The van der Waals surface area contributed by atoms with E-state index in [-0.39, 0.29) is 10.8 Å². The van der Waals surface area contributed by atoms with Gasteiger partial charge < -0.3 is 9.88 Å². The van der Waals surface area contributed by atoms with Gasteiger partial charge in [-0.3, -0.25) is 4.79 Å². The van der Waals surface area contributed by atoms with Crippen molar-refractivity contribution in [2.24, 2.45) is 12.2 Å². The van der Waals surface area contributed by atoms with Crippen LogP contribution in [0.5, 0.6) is 0 Å². The fraction of sp³-hybridized carbons (Fsp3) is 0.167. The third kappa shape index (κ3) is 5.15. The van der Waals surface area contributed by atoms with E-state index in [2.05, 4.69) is 15.5 Å². The van der Waals surface area contributed by atoms with E-state index in [4.69, 9.17) is 16.7 Å². The monoisotopic (exact) mass is 451 g/mol. The third-order valence-electron chi connectivity index (χ3n) is 4.04. The molecule has 0 aliphatic heterocycles. The molecule has 0 saturated heterocycles. The zero-order chi connectivity index (χ0) is 21.2. The lowest BCUT2D eigenvalue weighted by Crippen LogP contribution is -2.23. The van der Waals surface area contributed by atoms with Crippen LogP contribution in [0.4, 0.5) is 5.69 Å². The van der Waals surface area contributed by atoms with Crippen LogP contribution in [0.25, 0.3) is 11.4 Å². The zero-order valence-electron chi connectivity index (χ0n) is 15.5. The van der Waals surface area contributed by atoms with Gasteiger partial charge in [0.25, 0.3) is 0 Å². The van der Waals surface area contributed by atoms with Gasteiger partial charge in [0, 0.05) is 23.3 Å². The first kappa shape index (κ1) is 21.3. The molecule has 1 atom stereocenters. The molecule has 0 spiro atoms. The predicted octanol–water partition coefficient (Wildman–Crippen LogP) is 2.90. The molecule has 3 N–H and O–H groups in total. The number of anilines is 1. The molecule has 152 valence electrons. The van der Waals surface area contributed by atoms with Gasteiger partial charge in [0.05, 0.1) is 10.1 Å². The Bertz CT molecular complexity index is 1130. The second-order valence-corrected chi connectivity index (χ2v) is 9.50. The van der Waals surface area contributed by atoms with Crippen molar-refractivity contribution in [1.29, 1.82) is 0 Å². The summed E-state index contributed by atoms with van der Waals surface area (Å²) in [4.78, 5) is 12.5. The van der Waals surface area contributed by atoms with Crippen LogP contribution in [0.2, 0.25) is 5.02 Å². The molecule has 0 aliphatic rings. The summed E-state index contributed by atoms with van der Waals surface area (Å²) < 4.78 is 24.4. The van der Waals surface area contributed by atoms with Gasteiger partial charge in [0.2, 0.25) is 15.9 Å². The lowest BCUT2D eigenvalue weighted by Gasteiger charge is -2.12. The molecule has 0 radical (unpaired) electrons. The van der Waals surface area contributed by atoms with Gasteiger partial charge in [0.15, 0.2) is 11.0 Å². The number of carbonyl (C=O) groups is 1. The molecule has 0 saturated carbocycles. The number of nitrogens with one attached hydrogen (secondary N) is 1. The fourth-order valence-electron chi connectivity index (χ4n) is 2.45. The van der Waals surface area contributed by atoms with E-state index >= 15 is 0 Å². The number of thioether (sulfide) groups is 1. The van der Waals surface area contributed by atoms with Crippen molar-refractivity contribution in [3.63, 3.8) is 0 Å².